The zero-order valence-corrected chi connectivity index (χ0v) is 13.3. The number of carbonyl (C=O) groups excluding carboxylic acids is 3. The first-order chi connectivity index (χ1) is 11.4. The fourth-order valence-electron chi connectivity index (χ4n) is 1.88. The van der Waals surface area contributed by atoms with Crippen molar-refractivity contribution in [3.05, 3.63) is 53.1 Å². The third-order valence-electron chi connectivity index (χ3n) is 3.05. The van der Waals surface area contributed by atoms with Gasteiger partial charge >= 0.3 is 11.9 Å². The third-order valence-corrected chi connectivity index (χ3v) is 3.05. The Morgan fingerprint density at radius 2 is 1.50 bits per heavy atom. The van der Waals surface area contributed by atoms with E-state index in [1.165, 1.54) is 44.8 Å². The Morgan fingerprint density at radius 3 is 1.96 bits per heavy atom. The Bertz CT molecular complexity index is 753. The van der Waals surface area contributed by atoms with Crippen LogP contribution in [0.25, 0.3) is 0 Å². The number of methoxy groups -OCH3 is 2. The molecule has 2 aromatic rings. The average Bonchev–Trinajstić information content (AvgIpc) is 2.60. The zero-order chi connectivity index (χ0) is 17.7. The van der Waals surface area contributed by atoms with Crippen molar-refractivity contribution < 1.29 is 23.9 Å². The molecule has 0 spiro atoms. The molecule has 0 unspecified atom stereocenters. The lowest BCUT2D eigenvalue weighted by atomic mass is 10.1. The van der Waals surface area contributed by atoms with Gasteiger partial charge in [0.15, 0.2) is 0 Å². The molecule has 24 heavy (non-hydrogen) atoms. The van der Waals surface area contributed by atoms with E-state index >= 15 is 0 Å². The number of carbonyl (C=O) groups is 3. The second kappa shape index (κ2) is 7.32. The van der Waals surface area contributed by atoms with Gasteiger partial charge in [-0.25, -0.2) is 14.6 Å². The highest BCUT2D eigenvalue weighted by atomic mass is 16.5. The van der Waals surface area contributed by atoms with Crippen molar-refractivity contribution in [2.45, 2.75) is 6.92 Å². The van der Waals surface area contributed by atoms with E-state index in [9.17, 15) is 14.4 Å². The summed E-state index contributed by atoms with van der Waals surface area (Å²) in [6.07, 6.45) is 2.79. The van der Waals surface area contributed by atoms with Crippen molar-refractivity contribution in [1.82, 2.24) is 9.97 Å². The molecule has 1 heterocycles. The molecule has 0 aliphatic rings. The SMILES string of the molecule is COC(=O)c1cc(NC(=O)c2cnc(C)cn2)cc(C(=O)OC)c1. The number of nitrogens with one attached hydrogen (secondary N) is 1. The molecule has 124 valence electrons. The molecular weight excluding hydrogens is 314 g/mol. The molecule has 1 aromatic carbocycles. The van der Waals surface area contributed by atoms with Gasteiger partial charge in [-0.2, -0.15) is 0 Å². The number of hydrogen-bond donors (Lipinski definition) is 1. The Labute approximate surface area is 137 Å². The summed E-state index contributed by atoms with van der Waals surface area (Å²) in [5, 5.41) is 2.56. The van der Waals surface area contributed by atoms with Crippen molar-refractivity contribution >= 4 is 23.5 Å². The molecule has 0 saturated carbocycles. The van der Waals surface area contributed by atoms with Gasteiger partial charge in [0, 0.05) is 11.9 Å². The molecule has 8 heteroatoms. The lowest BCUT2D eigenvalue weighted by molar-refractivity contribution is 0.0599. The second-order valence-corrected chi connectivity index (χ2v) is 4.78. The minimum atomic E-state index is -0.647. The maximum Gasteiger partial charge on any atom is 0.337 e. The zero-order valence-electron chi connectivity index (χ0n) is 13.3. The van der Waals surface area contributed by atoms with Gasteiger partial charge in [0.25, 0.3) is 5.91 Å². The fraction of sp³-hybridized carbons (Fsp3) is 0.188. The van der Waals surface area contributed by atoms with Crippen molar-refractivity contribution in [3.63, 3.8) is 0 Å². The fourth-order valence-corrected chi connectivity index (χ4v) is 1.88. The topological polar surface area (TPSA) is 107 Å². The number of hydrogen-bond acceptors (Lipinski definition) is 7. The van der Waals surface area contributed by atoms with E-state index in [1.54, 1.807) is 6.92 Å². The van der Waals surface area contributed by atoms with Crippen LogP contribution >= 0.6 is 0 Å². The first kappa shape index (κ1) is 17.1. The molecule has 1 aromatic heterocycles. The summed E-state index contributed by atoms with van der Waals surface area (Å²) < 4.78 is 9.27. The molecule has 0 bridgehead atoms. The Balaban J connectivity index is 2.34. The molecule has 0 fully saturated rings. The number of nitrogens with zero attached hydrogens (tertiary/aromatic N) is 2. The molecule has 0 saturated heterocycles. The summed E-state index contributed by atoms with van der Waals surface area (Å²) >= 11 is 0. The molecular formula is C16H15N3O5. The first-order valence-corrected chi connectivity index (χ1v) is 6.86. The van der Waals surface area contributed by atoms with E-state index in [0.29, 0.717) is 5.69 Å². The van der Waals surface area contributed by atoms with Crippen LogP contribution in [0.3, 0.4) is 0 Å². The van der Waals surface area contributed by atoms with E-state index in [0.717, 1.165) is 0 Å². The van der Waals surface area contributed by atoms with Gasteiger partial charge in [-0.1, -0.05) is 0 Å². The molecule has 2 rings (SSSR count). The van der Waals surface area contributed by atoms with E-state index in [4.69, 9.17) is 0 Å². The van der Waals surface area contributed by atoms with Gasteiger partial charge in [0.2, 0.25) is 0 Å². The maximum atomic E-state index is 12.2. The van der Waals surface area contributed by atoms with Crippen LogP contribution in [0, 0.1) is 6.92 Å². The Hall–Kier alpha value is -3.29. The minimum absolute atomic E-state index is 0.101. The largest absolute Gasteiger partial charge is 0.465 e. The first-order valence-electron chi connectivity index (χ1n) is 6.86. The third kappa shape index (κ3) is 3.92. The molecule has 0 aliphatic heterocycles. The summed E-state index contributed by atoms with van der Waals surface area (Å²) in [5.74, 6) is -1.82. The average molecular weight is 329 g/mol. The maximum absolute atomic E-state index is 12.2. The predicted octanol–water partition coefficient (Wildman–Crippen LogP) is 1.61. The monoisotopic (exact) mass is 329 g/mol. The summed E-state index contributed by atoms with van der Waals surface area (Å²) in [4.78, 5) is 43.6. The molecule has 8 nitrogen and oxygen atoms in total. The number of amides is 1. The van der Waals surface area contributed by atoms with Gasteiger partial charge in [-0.05, 0) is 25.1 Å². The van der Waals surface area contributed by atoms with Crippen LogP contribution in [0.2, 0.25) is 0 Å². The van der Waals surface area contributed by atoms with Crippen LogP contribution in [0.5, 0.6) is 0 Å². The number of esters is 2. The van der Waals surface area contributed by atoms with Gasteiger partial charge < -0.3 is 14.8 Å². The Kier molecular flexibility index (Phi) is 5.20. The number of ether oxygens (including phenoxy) is 2. The molecule has 1 N–H and O–H groups in total. The van der Waals surface area contributed by atoms with Crippen LogP contribution in [0.15, 0.2) is 30.6 Å². The van der Waals surface area contributed by atoms with Gasteiger partial charge in [0.1, 0.15) is 5.69 Å². The summed E-state index contributed by atoms with van der Waals surface area (Å²) in [7, 11) is 2.43. The highest BCUT2D eigenvalue weighted by Gasteiger charge is 2.16. The quantitative estimate of drug-likeness (QED) is 0.849. The smallest absolute Gasteiger partial charge is 0.337 e. The highest BCUT2D eigenvalue weighted by Crippen LogP contribution is 2.17. The van der Waals surface area contributed by atoms with Crippen LogP contribution in [0.1, 0.15) is 36.9 Å². The van der Waals surface area contributed by atoms with Crippen LogP contribution in [-0.2, 0) is 9.47 Å². The van der Waals surface area contributed by atoms with Gasteiger partial charge in [0.05, 0.1) is 37.2 Å². The van der Waals surface area contributed by atoms with Crippen molar-refractivity contribution in [1.29, 1.82) is 0 Å². The summed E-state index contributed by atoms with van der Waals surface area (Å²) in [5.41, 5.74) is 1.21. The number of benzene rings is 1. The van der Waals surface area contributed by atoms with Crippen molar-refractivity contribution in [2.24, 2.45) is 0 Å². The number of rotatable bonds is 4. The number of aryl methyl sites for hydroxylation is 1. The van der Waals surface area contributed by atoms with Gasteiger partial charge in [-0.15, -0.1) is 0 Å². The summed E-state index contributed by atoms with van der Waals surface area (Å²) in [6, 6.07) is 4.09. The van der Waals surface area contributed by atoms with Crippen LogP contribution in [0.4, 0.5) is 5.69 Å². The molecule has 1 amide bonds. The standard InChI is InChI=1S/C16H15N3O5/c1-9-7-18-13(8-17-9)14(20)19-12-5-10(15(21)23-2)4-11(6-12)16(22)24-3/h4-8H,1-3H3,(H,19,20). The van der Waals surface area contributed by atoms with E-state index in [2.05, 4.69) is 24.8 Å². The van der Waals surface area contributed by atoms with Crippen molar-refractivity contribution in [2.75, 3.05) is 19.5 Å². The van der Waals surface area contributed by atoms with E-state index < -0.39 is 17.8 Å². The minimum Gasteiger partial charge on any atom is -0.465 e. The normalized spacial score (nSPS) is 9.96. The van der Waals surface area contributed by atoms with E-state index in [-0.39, 0.29) is 22.5 Å². The lowest BCUT2D eigenvalue weighted by Gasteiger charge is -2.09. The predicted molar refractivity (Wildman–Crippen MR) is 83.8 cm³/mol. The van der Waals surface area contributed by atoms with E-state index in [1.807, 2.05) is 0 Å². The Morgan fingerprint density at radius 1 is 0.917 bits per heavy atom. The number of aromatic nitrogens is 2. The van der Waals surface area contributed by atoms with Crippen molar-refractivity contribution in [3.8, 4) is 0 Å². The molecule has 0 aliphatic carbocycles. The second-order valence-electron chi connectivity index (χ2n) is 4.78. The molecule has 0 atom stereocenters. The van der Waals surface area contributed by atoms with Crippen LogP contribution < -0.4 is 5.32 Å². The van der Waals surface area contributed by atoms with Gasteiger partial charge in [-0.3, -0.25) is 9.78 Å². The summed E-state index contributed by atoms with van der Waals surface area (Å²) in [6.45, 7) is 1.75. The lowest BCUT2D eigenvalue weighted by Crippen LogP contribution is -2.16. The van der Waals surface area contributed by atoms with Crippen LogP contribution in [-0.4, -0.2) is 42.0 Å². The highest BCUT2D eigenvalue weighted by molar-refractivity contribution is 6.04. The molecule has 0 radical (unpaired) electrons. The number of anilines is 1.